The molecule has 1 aromatic heterocycles. The third-order valence-corrected chi connectivity index (χ3v) is 1.94. The molecule has 0 aliphatic carbocycles. The highest BCUT2D eigenvalue weighted by Gasteiger charge is 2.22. The van der Waals surface area contributed by atoms with Crippen LogP contribution in [-0.4, -0.2) is 28.9 Å². The highest BCUT2D eigenvalue weighted by molar-refractivity contribution is 5.75. The molecule has 0 saturated heterocycles. The molecule has 0 spiro atoms. The molecule has 0 aliphatic heterocycles. The van der Waals surface area contributed by atoms with Crippen LogP contribution in [0.4, 0.5) is 0 Å². The Balaban J connectivity index is 2.68. The highest BCUT2D eigenvalue weighted by Crippen LogP contribution is 2.08. The van der Waals surface area contributed by atoms with E-state index in [0.29, 0.717) is 0 Å². The standard InChI is InChI=1S/C8H13N3O2/c1-6(7(9)8(12)13-2)11-5-3-4-10-11/h3-7H,9H2,1-2H3/t6-,7-/m0/s1. The van der Waals surface area contributed by atoms with Crippen LogP contribution in [-0.2, 0) is 9.53 Å². The lowest BCUT2D eigenvalue weighted by molar-refractivity contribution is -0.143. The van der Waals surface area contributed by atoms with Gasteiger partial charge in [-0.2, -0.15) is 5.10 Å². The number of hydrogen-bond donors (Lipinski definition) is 1. The molecule has 0 fully saturated rings. The van der Waals surface area contributed by atoms with Gasteiger partial charge >= 0.3 is 5.97 Å². The fourth-order valence-corrected chi connectivity index (χ4v) is 1.02. The molecule has 13 heavy (non-hydrogen) atoms. The number of rotatable bonds is 3. The van der Waals surface area contributed by atoms with Crippen molar-refractivity contribution in [1.29, 1.82) is 0 Å². The Morgan fingerprint density at radius 1 is 1.69 bits per heavy atom. The minimum Gasteiger partial charge on any atom is -0.468 e. The summed E-state index contributed by atoms with van der Waals surface area (Å²) in [6.07, 6.45) is 3.40. The number of methoxy groups -OCH3 is 1. The van der Waals surface area contributed by atoms with Crippen LogP contribution in [0.3, 0.4) is 0 Å². The van der Waals surface area contributed by atoms with E-state index in [9.17, 15) is 4.79 Å². The predicted molar refractivity (Wildman–Crippen MR) is 46.9 cm³/mol. The molecule has 0 bridgehead atoms. The van der Waals surface area contributed by atoms with E-state index in [1.165, 1.54) is 7.11 Å². The lowest BCUT2D eigenvalue weighted by Gasteiger charge is -2.17. The number of carbonyl (C=O) groups is 1. The Kier molecular flexibility index (Phi) is 3.02. The maximum absolute atomic E-state index is 11.1. The van der Waals surface area contributed by atoms with Crippen LogP contribution in [0.1, 0.15) is 13.0 Å². The van der Waals surface area contributed by atoms with Gasteiger partial charge in [0, 0.05) is 12.4 Å². The molecule has 72 valence electrons. The molecule has 1 heterocycles. The first-order chi connectivity index (χ1) is 6.16. The predicted octanol–water partition coefficient (Wildman–Crippen LogP) is -0.0556. The first-order valence-corrected chi connectivity index (χ1v) is 3.99. The minimum absolute atomic E-state index is 0.192. The van der Waals surface area contributed by atoms with Gasteiger partial charge in [-0.3, -0.25) is 9.48 Å². The Bertz CT molecular complexity index is 271. The summed E-state index contributed by atoms with van der Waals surface area (Å²) < 4.78 is 6.15. The maximum Gasteiger partial charge on any atom is 0.324 e. The molecule has 0 saturated carbocycles. The van der Waals surface area contributed by atoms with Crippen molar-refractivity contribution >= 4 is 5.97 Å². The second kappa shape index (κ2) is 4.04. The molecule has 2 N–H and O–H groups in total. The summed E-state index contributed by atoms with van der Waals surface area (Å²) in [6, 6.07) is 0.910. The van der Waals surface area contributed by atoms with Crippen molar-refractivity contribution in [3.05, 3.63) is 18.5 Å². The monoisotopic (exact) mass is 183 g/mol. The molecule has 0 unspecified atom stereocenters. The number of hydrogen-bond acceptors (Lipinski definition) is 4. The Hall–Kier alpha value is -1.36. The smallest absolute Gasteiger partial charge is 0.324 e. The molecule has 0 aliphatic rings. The van der Waals surface area contributed by atoms with Gasteiger partial charge in [-0.25, -0.2) is 0 Å². The largest absolute Gasteiger partial charge is 0.468 e. The van der Waals surface area contributed by atoms with Crippen molar-refractivity contribution in [1.82, 2.24) is 9.78 Å². The summed E-state index contributed by atoms with van der Waals surface area (Å²) in [6.45, 7) is 1.81. The van der Waals surface area contributed by atoms with Gasteiger partial charge in [-0.05, 0) is 13.0 Å². The van der Waals surface area contributed by atoms with Crippen molar-refractivity contribution < 1.29 is 9.53 Å². The average molecular weight is 183 g/mol. The summed E-state index contributed by atoms with van der Waals surface area (Å²) >= 11 is 0. The van der Waals surface area contributed by atoms with E-state index in [2.05, 4.69) is 9.84 Å². The number of aromatic nitrogens is 2. The quantitative estimate of drug-likeness (QED) is 0.667. The summed E-state index contributed by atoms with van der Waals surface area (Å²) in [5.74, 6) is -0.428. The molecule has 5 heteroatoms. The maximum atomic E-state index is 11.1. The zero-order chi connectivity index (χ0) is 9.84. The van der Waals surface area contributed by atoms with Crippen LogP contribution >= 0.6 is 0 Å². The van der Waals surface area contributed by atoms with Gasteiger partial charge in [0.1, 0.15) is 6.04 Å². The van der Waals surface area contributed by atoms with Gasteiger partial charge in [-0.15, -0.1) is 0 Å². The van der Waals surface area contributed by atoms with Gasteiger partial charge in [0.05, 0.1) is 13.2 Å². The molecule has 0 amide bonds. The van der Waals surface area contributed by atoms with E-state index in [1.807, 2.05) is 6.92 Å². The van der Waals surface area contributed by atoms with E-state index >= 15 is 0 Å². The first-order valence-electron chi connectivity index (χ1n) is 3.99. The van der Waals surface area contributed by atoms with Crippen LogP contribution < -0.4 is 5.73 Å². The van der Waals surface area contributed by atoms with Crippen molar-refractivity contribution in [2.45, 2.75) is 19.0 Å². The first kappa shape index (κ1) is 9.73. The fourth-order valence-electron chi connectivity index (χ4n) is 1.02. The van der Waals surface area contributed by atoms with Crippen molar-refractivity contribution in [3.63, 3.8) is 0 Å². The summed E-state index contributed by atoms with van der Waals surface area (Å²) in [5, 5.41) is 3.98. The summed E-state index contributed by atoms with van der Waals surface area (Å²) in [5.41, 5.74) is 5.63. The van der Waals surface area contributed by atoms with E-state index in [0.717, 1.165) is 0 Å². The second-order valence-electron chi connectivity index (χ2n) is 2.78. The molecule has 5 nitrogen and oxygen atoms in total. The molecule has 0 aromatic carbocycles. The average Bonchev–Trinajstić information content (AvgIpc) is 2.67. The van der Waals surface area contributed by atoms with Crippen molar-refractivity contribution in [2.75, 3.05) is 7.11 Å². The highest BCUT2D eigenvalue weighted by atomic mass is 16.5. The van der Waals surface area contributed by atoms with Crippen molar-refractivity contribution in [2.24, 2.45) is 5.73 Å². The lowest BCUT2D eigenvalue weighted by Crippen LogP contribution is -2.39. The molecule has 1 rings (SSSR count). The number of carbonyl (C=O) groups excluding carboxylic acids is 1. The van der Waals surface area contributed by atoms with E-state index in [4.69, 9.17) is 5.73 Å². The molecule has 1 aromatic rings. The Morgan fingerprint density at radius 3 is 2.85 bits per heavy atom. The SMILES string of the molecule is COC(=O)[C@@H](N)[C@H](C)n1cccn1. The number of ether oxygens (including phenoxy) is 1. The summed E-state index contributed by atoms with van der Waals surface area (Å²) in [4.78, 5) is 11.1. The normalized spacial score (nSPS) is 15.0. The molecule has 0 radical (unpaired) electrons. The van der Waals surface area contributed by atoms with Gasteiger partial charge < -0.3 is 10.5 Å². The fraction of sp³-hybridized carbons (Fsp3) is 0.500. The minimum atomic E-state index is -0.676. The Morgan fingerprint density at radius 2 is 2.38 bits per heavy atom. The van der Waals surface area contributed by atoms with Crippen LogP contribution in [0, 0.1) is 0 Å². The van der Waals surface area contributed by atoms with E-state index in [-0.39, 0.29) is 6.04 Å². The zero-order valence-electron chi connectivity index (χ0n) is 7.68. The van der Waals surface area contributed by atoms with Crippen LogP contribution in [0.15, 0.2) is 18.5 Å². The van der Waals surface area contributed by atoms with Gasteiger partial charge in [0.25, 0.3) is 0 Å². The number of nitrogens with two attached hydrogens (primary N) is 1. The Labute approximate surface area is 76.5 Å². The lowest BCUT2D eigenvalue weighted by atomic mass is 10.1. The third kappa shape index (κ3) is 2.06. The van der Waals surface area contributed by atoms with Crippen LogP contribution in [0.2, 0.25) is 0 Å². The zero-order valence-corrected chi connectivity index (χ0v) is 7.68. The van der Waals surface area contributed by atoms with Crippen LogP contribution in [0.25, 0.3) is 0 Å². The molecular formula is C8H13N3O2. The van der Waals surface area contributed by atoms with Crippen LogP contribution in [0.5, 0.6) is 0 Å². The second-order valence-corrected chi connectivity index (χ2v) is 2.78. The molecular weight excluding hydrogens is 170 g/mol. The van der Waals surface area contributed by atoms with Crippen molar-refractivity contribution in [3.8, 4) is 0 Å². The number of nitrogens with zero attached hydrogens (tertiary/aromatic N) is 2. The topological polar surface area (TPSA) is 70.1 Å². The third-order valence-electron chi connectivity index (χ3n) is 1.94. The number of esters is 1. The van der Waals surface area contributed by atoms with Gasteiger partial charge in [0.15, 0.2) is 0 Å². The van der Waals surface area contributed by atoms with Gasteiger partial charge in [-0.1, -0.05) is 0 Å². The van der Waals surface area contributed by atoms with E-state index in [1.54, 1.807) is 23.1 Å². The van der Waals surface area contributed by atoms with E-state index < -0.39 is 12.0 Å². The summed E-state index contributed by atoms with van der Waals surface area (Å²) in [7, 11) is 1.32. The molecule has 2 atom stereocenters. The van der Waals surface area contributed by atoms with Gasteiger partial charge in [0.2, 0.25) is 0 Å².